The molecule has 5 rings (SSSR count). The van der Waals surface area contributed by atoms with E-state index in [4.69, 9.17) is 22.2 Å². The highest BCUT2D eigenvalue weighted by molar-refractivity contribution is 7.98. The van der Waals surface area contributed by atoms with Crippen molar-refractivity contribution in [2.75, 3.05) is 38.5 Å². The molecule has 3 aliphatic rings. The molecule has 0 spiro atoms. The highest BCUT2D eigenvalue weighted by Crippen LogP contribution is 2.37. The molecule has 3 atom stereocenters. The van der Waals surface area contributed by atoms with Gasteiger partial charge in [0.1, 0.15) is 29.9 Å². The minimum absolute atomic E-state index is 0.0294. The number of carboxylic acid groups (broad SMARTS) is 2. The third-order valence-electron chi connectivity index (χ3n) is 8.74. The van der Waals surface area contributed by atoms with Crippen molar-refractivity contribution in [3.05, 3.63) is 33.8 Å². The van der Waals surface area contributed by atoms with Crippen molar-refractivity contribution in [2.45, 2.75) is 49.9 Å². The van der Waals surface area contributed by atoms with Crippen LogP contribution in [0.1, 0.15) is 37.9 Å². The topological polar surface area (TPSA) is 334 Å². The summed E-state index contributed by atoms with van der Waals surface area (Å²) in [7, 11) is 0. The van der Waals surface area contributed by atoms with Gasteiger partial charge in [-0.25, -0.2) is 19.6 Å². The molecule has 26 heteroatoms. The lowest BCUT2D eigenvalue weighted by Gasteiger charge is -2.46. The number of hydrazine groups is 1. The van der Waals surface area contributed by atoms with E-state index in [0.29, 0.717) is 37.9 Å². The van der Waals surface area contributed by atoms with Gasteiger partial charge in [-0.15, -0.1) is 11.3 Å². The number of aromatic hydroxyl groups is 2. The number of urea groups is 1. The number of hydrazone groups is 1. The molecule has 3 aliphatic heterocycles. The molecule has 0 saturated carbocycles. The number of aliphatic hydroxyl groups excluding tert-OH is 1. The molecule has 1 aromatic carbocycles. The van der Waals surface area contributed by atoms with Crippen molar-refractivity contribution in [1.82, 2.24) is 40.7 Å². The number of oxime groups is 1. The number of amides is 5. The summed E-state index contributed by atoms with van der Waals surface area (Å²) < 4.78 is 1.11. The Morgan fingerprint density at radius 2 is 1.84 bits per heavy atom. The predicted octanol–water partition coefficient (Wildman–Crippen LogP) is -1.16. The van der Waals surface area contributed by atoms with Crippen LogP contribution in [0.3, 0.4) is 0 Å². The summed E-state index contributed by atoms with van der Waals surface area (Å²) in [5.74, 6) is -7.27. The third kappa shape index (κ3) is 9.67. The lowest BCUT2D eigenvalue weighted by atomic mass is 9.97. The van der Waals surface area contributed by atoms with Crippen LogP contribution in [0.2, 0.25) is 5.02 Å². The lowest BCUT2D eigenvalue weighted by molar-refractivity contribution is -0.161. The summed E-state index contributed by atoms with van der Waals surface area (Å²) in [6.07, 6.45) is 0.0360. The third-order valence-corrected chi connectivity index (χ3v) is 11.1. The number of nitrogens with two attached hydrogens (primary N) is 1. The van der Waals surface area contributed by atoms with Gasteiger partial charge in [0.25, 0.3) is 11.8 Å². The van der Waals surface area contributed by atoms with E-state index in [9.17, 15) is 54.3 Å². The average molecular weight is 856 g/mol. The fourth-order valence-electron chi connectivity index (χ4n) is 5.49. The number of carboxylic acids is 2. The summed E-state index contributed by atoms with van der Waals surface area (Å²) in [6.45, 7) is 2.62. The Bertz CT molecular complexity index is 1990. The largest absolute Gasteiger partial charge is 0.504 e. The molecule has 2 aromatic rings. The number of carbonyl (C=O) groups is 6. The summed E-state index contributed by atoms with van der Waals surface area (Å²) in [6, 6.07) is -0.0166. The summed E-state index contributed by atoms with van der Waals surface area (Å²) in [5, 5.41) is 63.8. The van der Waals surface area contributed by atoms with Gasteiger partial charge in [0.05, 0.1) is 18.1 Å². The van der Waals surface area contributed by atoms with Crippen LogP contribution >= 0.6 is 34.9 Å². The monoisotopic (exact) mass is 855 g/mol. The van der Waals surface area contributed by atoms with E-state index >= 15 is 0 Å². The quantitative estimate of drug-likeness (QED) is 0.0238. The van der Waals surface area contributed by atoms with Crippen molar-refractivity contribution in [3.8, 4) is 11.5 Å². The maximum Gasteiger partial charge on any atom is 0.350 e. The smallest absolute Gasteiger partial charge is 0.350 e. The Morgan fingerprint density at radius 3 is 2.47 bits per heavy atom. The molecule has 3 fully saturated rings. The molecule has 0 bridgehead atoms. The van der Waals surface area contributed by atoms with Gasteiger partial charge in [0, 0.05) is 16.9 Å². The molecular weight excluding hydrogens is 818 g/mol. The molecule has 11 N–H and O–H groups in total. The molecule has 4 heterocycles. The number of thiazole rings is 1. The van der Waals surface area contributed by atoms with Crippen LogP contribution in [0.25, 0.3) is 0 Å². The van der Waals surface area contributed by atoms with Gasteiger partial charge >= 0.3 is 18.0 Å². The van der Waals surface area contributed by atoms with Crippen molar-refractivity contribution in [1.29, 1.82) is 0 Å². The standard InChI is InChI=1S/C31H38ClN11O12S2/c1-31(2,28(52)53)55-40-20(15-12-56-29(33)35-15)24(49)36-21-26(51)41(11-17(45)46)27(21)57-43-10-9-42(30(43)54)39-25(50)19(14-3-4-16(44)22(47)18(14)32)37-38-23(48)13-5-7-34-8-6-13/h3-4,12-13,21,23,27,34,38,44,47-48H,5-11H2,1-2H3,(H2,33,35)(H,36,49)(H,39,50)(H,45,46)(H,52,53)/b37-19-,40-20-/t21-,23?,27-/m1/s1. The Kier molecular flexibility index (Phi) is 13.2. The van der Waals surface area contributed by atoms with Crippen LogP contribution in [-0.2, 0) is 28.8 Å². The van der Waals surface area contributed by atoms with Crippen molar-refractivity contribution < 1.29 is 59.1 Å². The van der Waals surface area contributed by atoms with Crippen LogP contribution in [0.4, 0.5) is 9.93 Å². The number of nitrogens with one attached hydrogen (secondary N) is 4. The molecule has 0 radical (unpaired) electrons. The first-order valence-electron chi connectivity index (χ1n) is 16.9. The summed E-state index contributed by atoms with van der Waals surface area (Å²) in [5.41, 5.74) is 7.44. The number of β-lactam (4-membered cyclic amide) rings is 1. The molecule has 57 heavy (non-hydrogen) atoms. The number of hydrogen-bond donors (Lipinski definition) is 10. The Hall–Kier alpha value is -5.63. The fraction of sp³-hybridized carbons (Fsp3) is 0.452. The van der Waals surface area contributed by atoms with Crippen LogP contribution in [0.5, 0.6) is 11.5 Å². The van der Waals surface area contributed by atoms with E-state index in [1.54, 1.807) is 0 Å². The minimum Gasteiger partial charge on any atom is -0.504 e. The minimum atomic E-state index is -1.89. The number of anilines is 1. The number of aliphatic hydroxyl groups is 1. The first-order chi connectivity index (χ1) is 26.9. The molecule has 1 unspecified atom stereocenters. The molecule has 308 valence electrons. The van der Waals surface area contributed by atoms with Crippen LogP contribution in [-0.4, -0.2) is 148 Å². The number of benzene rings is 1. The molecule has 3 saturated heterocycles. The van der Waals surface area contributed by atoms with Gasteiger partial charge in [0.2, 0.25) is 11.5 Å². The van der Waals surface area contributed by atoms with Crippen molar-refractivity contribution in [2.24, 2.45) is 16.2 Å². The van der Waals surface area contributed by atoms with E-state index in [1.165, 1.54) is 25.3 Å². The normalized spacial score (nSPS) is 19.9. The average Bonchev–Trinajstić information content (AvgIpc) is 3.75. The van der Waals surface area contributed by atoms with Gasteiger partial charge in [-0.1, -0.05) is 16.8 Å². The second kappa shape index (κ2) is 17.7. The maximum atomic E-state index is 13.7. The number of nitrogens with zero attached hydrogens (tertiary/aromatic N) is 6. The number of aliphatic carboxylic acids is 2. The lowest BCUT2D eigenvalue weighted by Crippen LogP contribution is -2.71. The van der Waals surface area contributed by atoms with Gasteiger partial charge in [-0.05, 0) is 63.9 Å². The van der Waals surface area contributed by atoms with Gasteiger partial charge < -0.3 is 51.6 Å². The molecule has 23 nitrogen and oxygen atoms in total. The second-order valence-corrected chi connectivity index (χ2v) is 15.5. The van der Waals surface area contributed by atoms with Gasteiger partial charge in [-0.3, -0.25) is 34.3 Å². The SMILES string of the molecule is CC(C)(O/N=C(\C(=O)N[C@@H]1C(=O)N(CC(=O)O)[C@@H]1SN1CCN(NC(=O)/C(=N\NC(O)C2CCNCC2)c2ccc(O)c(O)c2Cl)C1=O)c1csc(N)n1)C(=O)O. The molecule has 1 aromatic heterocycles. The van der Waals surface area contributed by atoms with E-state index in [-0.39, 0.29) is 35.4 Å². The van der Waals surface area contributed by atoms with Crippen molar-refractivity contribution in [3.63, 3.8) is 0 Å². The number of hydrogen-bond acceptors (Lipinski definition) is 18. The highest BCUT2D eigenvalue weighted by Gasteiger charge is 2.52. The fourth-order valence-corrected chi connectivity index (χ4v) is 7.52. The Labute approximate surface area is 335 Å². The van der Waals surface area contributed by atoms with Crippen molar-refractivity contribution >= 4 is 87.1 Å². The van der Waals surface area contributed by atoms with E-state index in [0.717, 1.165) is 31.6 Å². The van der Waals surface area contributed by atoms with Crippen LogP contribution in [0.15, 0.2) is 27.8 Å². The number of phenolic OH excluding ortho intramolecular Hbond substituents is 2. The van der Waals surface area contributed by atoms with E-state index < -0.39 is 93.4 Å². The number of nitrogen functional groups attached to an aromatic ring is 1. The van der Waals surface area contributed by atoms with Gasteiger partial charge in [-0.2, -0.15) is 5.10 Å². The second-order valence-electron chi connectivity index (χ2n) is 13.1. The number of halogens is 1. The maximum absolute atomic E-state index is 13.7. The number of likely N-dealkylation sites (tertiary alicyclic amines) is 1. The summed E-state index contributed by atoms with van der Waals surface area (Å²) >= 11 is 7.87. The Morgan fingerprint density at radius 1 is 1.14 bits per heavy atom. The zero-order chi connectivity index (χ0) is 41.8. The molecule has 0 aliphatic carbocycles. The number of carbonyl (C=O) groups excluding carboxylic acids is 4. The zero-order valence-electron chi connectivity index (χ0n) is 30.0. The predicted molar refractivity (Wildman–Crippen MR) is 202 cm³/mol. The zero-order valence-corrected chi connectivity index (χ0v) is 32.4. The molecule has 5 amide bonds. The van der Waals surface area contributed by atoms with Crippen LogP contribution in [0, 0.1) is 5.92 Å². The Balaban J connectivity index is 1.32. The number of rotatable bonds is 16. The first kappa shape index (κ1) is 42.5. The first-order valence-corrected chi connectivity index (χ1v) is 19.0. The molecular formula is C31H38ClN11O12S2. The number of phenols is 2. The number of aromatic nitrogens is 1. The summed E-state index contributed by atoms with van der Waals surface area (Å²) in [4.78, 5) is 87.1. The van der Waals surface area contributed by atoms with Crippen LogP contribution < -0.4 is 27.2 Å². The van der Waals surface area contributed by atoms with E-state index in [1.807, 2.05) is 0 Å². The van der Waals surface area contributed by atoms with E-state index in [2.05, 4.69) is 36.7 Å². The highest BCUT2D eigenvalue weighted by atomic mass is 35.5. The van der Waals surface area contributed by atoms with Gasteiger partial charge in [0.15, 0.2) is 28.1 Å². The number of piperidine rings is 1.